The Hall–Kier alpha value is -0.530. The van der Waals surface area contributed by atoms with Gasteiger partial charge in [-0.3, -0.25) is 0 Å². The van der Waals surface area contributed by atoms with E-state index in [9.17, 15) is 0 Å². The van der Waals surface area contributed by atoms with E-state index in [-0.39, 0.29) is 6.04 Å². The van der Waals surface area contributed by atoms with Crippen LogP contribution < -0.4 is 5.73 Å². The van der Waals surface area contributed by atoms with Crippen molar-refractivity contribution in [2.24, 2.45) is 5.73 Å². The fourth-order valence-corrected chi connectivity index (χ4v) is 2.31. The van der Waals surface area contributed by atoms with Gasteiger partial charge >= 0.3 is 0 Å². The van der Waals surface area contributed by atoms with Crippen molar-refractivity contribution in [1.82, 2.24) is 0 Å². The Balaban J connectivity index is 2.41. The molecule has 0 aromatic heterocycles. The van der Waals surface area contributed by atoms with Crippen molar-refractivity contribution in [3.05, 3.63) is 34.3 Å². The summed E-state index contributed by atoms with van der Waals surface area (Å²) >= 11 is 6.01. The first kappa shape index (κ1) is 14.5. The molecule has 0 heterocycles. The van der Waals surface area contributed by atoms with E-state index in [4.69, 9.17) is 17.3 Å². The molecule has 0 fully saturated rings. The third-order valence-electron chi connectivity index (χ3n) is 3.26. The second kappa shape index (κ2) is 7.73. The van der Waals surface area contributed by atoms with E-state index in [1.54, 1.807) is 0 Å². The predicted molar refractivity (Wildman–Crippen MR) is 76.5 cm³/mol. The maximum Gasteiger partial charge on any atom is 0.0409 e. The van der Waals surface area contributed by atoms with Gasteiger partial charge in [-0.05, 0) is 36.6 Å². The topological polar surface area (TPSA) is 26.0 Å². The lowest BCUT2D eigenvalue weighted by atomic mass is 9.97. The molecule has 0 spiro atoms. The van der Waals surface area contributed by atoms with Gasteiger partial charge in [0.05, 0.1) is 0 Å². The first-order valence-electron chi connectivity index (χ1n) is 6.66. The quantitative estimate of drug-likeness (QED) is 0.680. The summed E-state index contributed by atoms with van der Waals surface area (Å²) in [5.74, 6) is 0. The zero-order valence-corrected chi connectivity index (χ0v) is 11.8. The molecule has 0 aliphatic carbocycles. The lowest BCUT2D eigenvalue weighted by molar-refractivity contribution is 0.554. The van der Waals surface area contributed by atoms with Crippen LogP contribution in [0.1, 0.15) is 62.6 Å². The molecule has 0 amide bonds. The fraction of sp³-hybridized carbons (Fsp3) is 0.600. The second-order valence-corrected chi connectivity index (χ2v) is 5.25. The zero-order valence-electron chi connectivity index (χ0n) is 11.0. The van der Waals surface area contributed by atoms with E-state index in [0.29, 0.717) is 0 Å². The maximum absolute atomic E-state index is 6.22. The minimum atomic E-state index is 0.135. The molecule has 0 aliphatic rings. The standard InChI is InChI=1S/C15H24ClN/c1-3-4-5-6-7-8-15(17)14-11-13(16)10-9-12(14)2/h9-11,15H,3-8,17H2,1-2H3. The molecule has 17 heavy (non-hydrogen) atoms. The lowest BCUT2D eigenvalue weighted by Gasteiger charge is -2.15. The minimum Gasteiger partial charge on any atom is -0.324 e. The monoisotopic (exact) mass is 253 g/mol. The average molecular weight is 254 g/mol. The molecule has 96 valence electrons. The van der Waals surface area contributed by atoms with E-state index < -0.39 is 0 Å². The van der Waals surface area contributed by atoms with Crippen LogP contribution in [-0.4, -0.2) is 0 Å². The molecule has 1 nitrogen and oxygen atoms in total. The Labute approximate surface area is 110 Å². The highest BCUT2D eigenvalue weighted by Gasteiger charge is 2.09. The summed E-state index contributed by atoms with van der Waals surface area (Å²) in [6.07, 6.45) is 7.53. The fourth-order valence-electron chi connectivity index (χ4n) is 2.13. The number of nitrogens with two attached hydrogens (primary N) is 1. The summed E-state index contributed by atoms with van der Waals surface area (Å²) in [7, 11) is 0. The Morgan fingerprint density at radius 3 is 2.59 bits per heavy atom. The van der Waals surface area contributed by atoms with Crippen molar-refractivity contribution in [3.8, 4) is 0 Å². The third-order valence-corrected chi connectivity index (χ3v) is 3.49. The van der Waals surface area contributed by atoms with Crippen molar-refractivity contribution in [1.29, 1.82) is 0 Å². The molecule has 0 radical (unpaired) electrons. The molecule has 2 heteroatoms. The van der Waals surface area contributed by atoms with Crippen molar-refractivity contribution < 1.29 is 0 Å². The number of rotatable bonds is 7. The minimum absolute atomic E-state index is 0.135. The average Bonchev–Trinajstić information content (AvgIpc) is 2.32. The molecule has 0 aliphatic heterocycles. The second-order valence-electron chi connectivity index (χ2n) is 4.81. The van der Waals surface area contributed by atoms with E-state index in [1.165, 1.54) is 43.2 Å². The van der Waals surface area contributed by atoms with E-state index in [1.807, 2.05) is 12.1 Å². The van der Waals surface area contributed by atoms with Crippen LogP contribution in [0.15, 0.2) is 18.2 Å². The highest BCUT2D eigenvalue weighted by atomic mass is 35.5. The van der Waals surface area contributed by atoms with E-state index >= 15 is 0 Å². The van der Waals surface area contributed by atoms with Crippen LogP contribution in [0.3, 0.4) is 0 Å². The van der Waals surface area contributed by atoms with E-state index in [0.717, 1.165) is 11.4 Å². The number of hydrogen-bond acceptors (Lipinski definition) is 1. The molecule has 0 bridgehead atoms. The van der Waals surface area contributed by atoms with Gasteiger partial charge < -0.3 is 5.73 Å². The zero-order chi connectivity index (χ0) is 12.7. The first-order chi connectivity index (χ1) is 8.15. The van der Waals surface area contributed by atoms with Crippen molar-refractivity contribution in [2.45, 2.75) is 58.4 Å². The van der Waals surface area contributed by atoms with Crippen LogP contribution in [0.25, 0.3) is 0 Å². The molecule has 1 unspecified atom stereocenters. The van der Waals surface area contributed by atoms with Gasteiger partial charge in [0.2, 0.25) is 0 Å². The van der Waals surface area contributed by atoms with Gasteiger partial charge in [-0.25, -0.2) is 0 Å². The third kappa shape index (κ3) is 5.10. The molecule has 2 N–H and O–H groups in total. The lowest BCUT2D eigenvalue weighted by Crippen LogP contribution is -2.11. The largest absolute Gasteiger partial charge is 0.324 e. The maximum atomic E-state index is 6.22. The van der Waals surface area contributed by atoms with Crippen molar-refractivity contribution in [3.63, 3.8) is 0 Å². The van der Waals surface area contributed by atoms with Gasteiger partial charge in [-0.2, -0.15) is 0 Å². The predicted octanol–water partition coefficient (Wildman–Crippen LogP) is 5.01. The Morgan fingerprint density at radius 2 is 1.88 bits per heavy atom. The number of benzene rings is 1. The number of hydrogen-bond donors (Lipinski definition) is 1. The smallest absolute Gasteiger partial charge is 0.0409 e. The normalized spacial score (nSPS) is 12.7. The Kier molecular flexibility index (Phi) is 6.61. The van der Waals surface area contributed by atoms with Gasteiger partial charge in [0.25, 0.3) is 0 Å². The van der Waals surface area contributed by atoms with Crippen LogP contribution in [0, 0.1) is 6.92 Å². The molecule has 0 saturated heterocycles. The molecular weight excluding hydrogens is 230 g/mol. The van der Waals surface area contributed by atoms with Crippen molar-refractivity contribution in [2.75, 3.05) is 0 Å². The number of halogens is 1. The molecular formula is C15H24ClN. The summed E-state index contributed by atoms with van der Waals surface area (Å²) in [6, 6.07) is 6.12. The van der Waals surface area contributed by atoms with Crippen molar-refractivity contribution >= 4 is 11.6 Å². The number of unbranched alkanes of at least 4 members (excludes halogenated alkanes) is 4. The highest BCUT2D eigenvalue weighted by Crippen LogP contribution is 2.24. The summed E-state index contributed by atoms with van der Waals surface area (Å²) in [6.45, 7) is 4.34. The number of aryl methyl sites for hydroxylation is 1. The molecule has 1 aromatic rings. The van der Waals surface area contributed by atoms with Crippen LogP contribution in [0.5, 0.6) is 0 Å². The molecule has 0 saturated carbocycles. The van der Waals surface area contributed by atoms with Gasteiger partial charge in [0.1, 0.15) is 0 Å². The molecule has 1 atom stereocenters. The van der Waals surface area contributed by atoms with Crippen LogP contribution >= 0.6 is 11.6 Å². The van der Waals surface area contributed by atoms with Crippen LogP contribution in [-0.2, 0) is 0 Å². The molecule has 1 aromatic carbocycles. The summed E-state index contributed by atoms with van der Waals surface area (Å²) in [4.78, 5) is 0. The summed E-state index contributed by atoms with van der Waals surface area (Å²) < 4.78 is 0. The molecule has 1 rings (SSSR count). The van der Waals surface area contributed by atoms with Gasteiger partial charge in [-0.15, -0.1) is 0 Å². The highest BCUT2D eigenvalue weighted by molar-refractivity contribution is 6.30. The van der Waals surface area contributed by atoms with E-state index in [2.05, 4.69) is 19.9 Å². The summed E-state index contributed by atoms with van der Waals surface area (Å²) in [5, 5.41) is 0.784. The summed E-state index contributed by atoms with van der Waals surface area (Å²) in [5.41, 5.74) is 8.67. The van der Waals surface area contributed by atoms with Crippen LogP contribution in [0.4, 0.5) is 0 Å². The first-order valence-corrected chi connectivity index (χ1v) is 7.04. The van der Waals surface area contributed by atoms with Gasteiger partial charge in [0, 0.05) is 11.1 Å². The van der Waals surface area contributed by atoms with Gasteiger partial charge in [-0.1, -0.05) is 56.7 Å². The Bertz CT molecular complexity index is 336. The SMILES string of the molecule is CCCCCCCC(N)c1cc(Cl)ccc1C. The van der Waals surface area contributed by atoms with Crippen LogP contribution in [0.2, 0.25) is 5.02 Å². The Morgan fingerprint density at radius 1 is 1.18 bits per heavy atom. The van der Waals surface area contributed by atoms with Gasteiger partial charge in [0.15, 0.2) is 0 Å².